The van der Waals surface area contributed by atoms with Gasteiger partial charge in [-0.25, -0.2) is 4.98 Å². The third-order valence-electron chi connectivity index (χ3n) is 3.29. The molecule has 1 amide bonds. The van der Waals surface area contributed by atoms with Crippen molar-refractivity contribution in [3.8, 4) is 0 Å². The quantitative estimate of drug-likeness (QED) is 0.735. The van der Waals surface area contributed by atoms with Crippen molar-refractivity contribution in [2.24, 2.45) is 0 Å². The SMILES string of the molecule is CCCCCNc1ccc(C(=O)NCc2cccnc2)cn1. The summed E-state index contributed by atoms with van der Waals surface area (Å²) in [6.45, 7) is 3.55. The van der Waals surface area contributed by atoms with E-state index in [0.29, 0.717) is 12.1 Å². The molecule has 0 aliphatic carbocycles. The fraction of sp³-hybridized carbons (Fsp3) is 0.353. The molecule has 116 valence electrons. The molecule has 0 aliphatic heterocycles. The van der Waals surface area contributed by atoms with Crippen LogP contribution in [0.4, 0.5) is 5.82 Å². The predicted octanol–water partition coefficient (Wildman–Crippen LogP) is 3.01. The van der Waals surface area contributed by atoms with E-state index in [-0.39, 0.29) is 5.91 Å². The lowest BCUT2D eigenvalue weighted by Crippen LogP contribution is -2.23. The van der Waals surface area contributed by atoms with E-state index >= 15 is 0 Å². The van der Waals surface area contributed by atoms with E-state index in [1.165, 1.54) is 12.8 Å². The van der Waals surface area contributed by atoms with Crippen molar-refractivity contribution in [1.29, 1.82) is 0 Å². The molecule has 0 aromatic carbocycles. The minimum Gasteiger partial charge on any atom is -0.370 e. The number of pyridine rings is 2. The van der Waals surface area contributed by atoms with Crippen LogP contribution in [0.15, 0.2) is 42.9 Å². The molecule has 5 heteroatoms. The third-order valence-corrected chi connectivity index (χ3v) is 3.29. The molecule has 0 fully saturated rings. The largest absolute Gasteiger partial charge is 0.370 e. The van der Waals surface area contributed by atoms with Gasteiger partial charge in [-0.15, -0.1) is 0 Å². The minimum atomic E-state index is -0.131. The number of hydrogen-bond donors (Lipinski definition) is 2. The summed E-state index contributed by atoms with van der Waals surface area (Å²) in [5, 5.41) is 6.11. The number of nitrogens with zero attached hydrogens (tertiary/aromatic N) is 2. The molecule has 0 radical (unpaired) electrons. The van der Waals surface area contributed by atoms with Gasteiger partial charge in [-0.05, 0) is 30.2 Å². The topological polar surface area (TPSA) is 66.9 Å². The first-order chi connectivity index (χ1) is 10.8. The number of nitrogens with one attached hydrogen (secondary N) is 2. The number of rotatable bonds is 8. The van der Waals surface area contributed by atoms with Gasteiger partial charge in [-0.3, -0.25) is 9.78 Å². The van der Waals surface area contributed by atoms with E-state index in [4.69, 9.17) is 0 Å². The Morgan fingerprint density at radius 2 is 2.09 bits per heavy atom. The first-order valence-electron chi connectivity index (χ1n) is 7.66. The fourth-order valence-electron chi connectivity index (χ4n) is 2.01. The van der Waals surface area contributed by atoms with Gasteiger partial charge >= 0.3 is 0 Å². The lowest BCUT2D eigenvalue weighted by atomic mass is 10.2. The third kappa shape index (κ3) is 5.16. The normalized spacial score (nSPS) is 10.2. The van der Waals surface area contributed by atoms with Gasteiger partial charge in [-0.1, -0.05) is 25.8 Å². The molecule has 0 bridgehead atoms. The Morgan fingerprint density at radius 1 is 1.18 bits per heavy atom. The number of carbonyl (C=O) groups excluding carboxylic acids is 1. The van der Waals surface area contributed by atoms with E-state index in [1.54, 1.807) is 24.7 Å². The van der Waals surface area contributed by atoms with Gasteiger partial charge in [-0.2, -0.15) is 0 Å². The smallest absolute Gasteiger partial charge is 0.253 e. The molecule has 22 heavy (non-hydrogen) atoms. The Morgan fingerprint density at radius 3 is 2.77 bits per heavy atom. The molecular formula is C17H22N4O. The van der Waals surface area contributed by atoms with Gasteiger partial charge in [0.15, 0.2) is 0 Å². The van der Waals surface area contributed by atoms with Crippen molar-refractivity contribution in [3.05, 3.63) is 54.0 Å². The highest BCUT2D eigenvalue weighted by Gasteiger charge is 2.05. The van der Waals surface area contributed by atoms with Gasteiger partial charge in [0.1, 0.15) is 5.82 Å². The molecule has 0 unspecified atom stereocenters. The zero-order valence-corrected chi connectivity index (χ0v) is 12.9. The van der Waals surface area contributed by atoms with Gasteiger partial charge < -0.3 is 10.6 Å². The molecule has 2 heterocycles. The second-order valence-electron chi connectivity index (χ2n) is 5.11. The summed E-state index contributed by atoms with van der Waals surface area (Å²) in [5.74, 6) is 0.675. The Hall–Kier alpha value is -2.43. The maximum atomic E-state index is 12.0. The molecule has 0 atom stereocenters. The maximum absolute atomic E-state index is 12.0. The van der Waals surface area contributed by atoms with Crippen LogP contribution in [-0.2, 0) is 6.54 Å². The summed E-state index contributed by atoms with van der Waals surface area (Å²) in [5.41, 5.74) is 1.53. The molecule has 0 aliphatic rings. The van der Waals surface area contributed by atoms with Crippen LogP contribution < -0.4 is 10.6 Å². The van der Waals surface area contributed by atoms with Crippen molar-refractivity contribution in [2.45, 2.75) is 32.7 Å². The van der Waals surface area contributed by atoms with Crippen molar-refractivity contribution < 1.29 is 4.79 Å². The highest BCUT2D eigenvalue weighted by Crippen LogP contribution is 2.06. The van der Waals surface area contributed by atoms with Crippen molar-refractivity contribution in [1.82, 2.24) is 15.3 Å². The van der Waals surface area contributed by atoms with Gasteiger partial charge in [0.25, 0.3) is 5.91 Å². The molecule has 2 aromatic heterocycles. The second kappa shape index (κ2) is 8.77. The van der Waals surface area contributed by atoms with Crippen LogP contribution in [-0.4, -0.2) is 22.4 Å². The average molecular weight is 298 g/mol. The first-order valence-corrected chi connectivity index (χ1v) is 7.66. The second-order valence-corrected chi connectivity index (χ2v) is 5.11. The maximum Gasteiger partial charge on any atom is 0.253 e. The number of anilines is 1. The number of hydrogen-bond acceptors (Lipinski definition) is 4. The molecule has 5 nitrogen and oxygen atoms in total. The van der Waals surface area contributed by atoms with E-state index in [0.717, 1.165) is 24.3 Å². The number of carbonyl (C=O) groups is 1. The first kappa shape index (κ1) is 15.9. The van der Waals surface area contributed by atoms with Crippen LogP contribution in [0.1, 0.15) is 42.1 Å². The minimum absolute atomic E-state index is 0.131. The van der Waals surface area contributed by atoms with E-state index in [9.17, 15) is 4.79 Å². The molecule has 0 saturated carbocycles. The number of amides is 1. The molecule has 0 saturated heterocycles. The Bertz CT molecular complexity index is 569. The zero-order chi connectivity index (χ0) is 15.6. The van der Waals surface area contributed by atoms with Crippen LogP contribution >= 0.6 is 0 Å². The standard InChI is InChI=1S/C17H22N4O/c1-2-3-4-10-19-16-8-7-15(13-20-16)17(22)21-12-14-6-5-9-18-11-14/h5-9,11,13H,2-4,10,12H2,1H3,(H,19,20)(H,21,22). The number of aromatic nitrogens is 2. The van der Waals surface area contributed by atoms with Crippen LogP contribution in [0.2, 0.25) is 0 Å². The Balaban J connectivity index is 1.80. The van der Waals surface area contributed by atoms with E-state index < -0.39 is 0 Å². The highest BCUT2D eigenvalue weighted by atomic mass is 16.1. The summed E-state index contributed by atoms with van der Waals surface area (Å²) in [4.78, 5) is 20.3. The molecule has 2 aromatic rings. The summed E-state index contributed by atoms with van der Waals surface area (Å²) < 4.78 is 0. The van der Waals surface area contributed by atoms with Crippen molar-refractivity contribution in [3.63, 3.8) is 0 Å². The van der Waals surface area contributed by atoms with Crippen molar-refractivity contribution >= 4 is 11.7 Å². The van der Waals surface area contributed by atoms with Crippen LogP contribution in [0.5, 0.6) is 0 Å². The lowest BCUT2D eigenvalue weighted by Gasteiger charge is -2.07. The fourth-order valence-corrected chi connectivity index (χ4v) is 2.01. The average Bonchev–Trinajstić information content (AvgIpc) is 2.58. The van der Waals surface area contributed by atoms with Crippen LogP contribution in [0.25, 0.3) is 0 Å². The number of unbranched alkanes of at least 4 members (excludes halogenated alkanes) is 2. The molecular weight excluding hydrogens is 276 g/mol. The van der Waals surface area contributed by atoms with Crippen molar-refractivity contribution in [2.75, 3.05) is 11.9 Å². The molecule has 2 N–H and O–H groups in total. The Labute approximate surface area is 131 Å². The predicted molar refractivity (Wildman–Crippen MR) is 87.7 cm³/mol. The summed E-state index contributed by atoms with van der Waals surface area (Å²) >= 11 is 0. The molecule has 0 spiro atoms. The summed E-state index contributed by atoms with van der Waals surface area (Å²) in [7, 11) is 0. The van der Waals surface area contributed by atoms with Gasteiger partial charge in [0.05, 0.1) is 5.56 Å². The van der Waals surface area contributed by atoms with Gasteiger partial charge in [0, 0.05) is 31.7 Å². The summed E-state index contributed by atoms with van der Waals surface area (Å²) in [6, 6.07) is 7.40. The van der Waals surface area contributed by atoms with Gasteiger partial charge in [0.2, 0.25) is 0 Å². The summed E-state index contributed by atoms with van der Waals surface area (Å²) in [6.07, 6.45) is 8.59. The molecule has 2 rings (SSSR count). The highest BCUT2D eigenvalue weighted by molar-refractivity contribution is 5.93. The monoisotopic (exact) mass is 298 g/mol. The lowest BCUT2D eigenvalue weighted by molar-refractivity contribution is 0.0950. The van der Waals surface area contributed by atoms with E-state index in [1.807, 2.05) is 18.2 Å². The zero-order valence-electron chi connectivity index (χ0n) is 12.9. The van der Waals surface area contributed by atoms with Crippen LogP contribution in [0.3, 0.4) is 0 Å². The van der Waals surface area contributed by atoms with Crippen LogP contribution in [0, 0.1) is 0 Å². The Kier molecular flexibility index (Phi) is 6.36. The van der Waals surface area contributed by atoms with E-state index in [2.05, 4.69) is 27.5 Å².